The first-order valence-electron chi connectivity index (χ1n) is 8.20. The molecule has 0 aliphatic heterocycles. The van der Waals surface area contributed by atoms with E-state index in [9.17, 15) is 4.39 Å². The zero-order valence-corrected chi connectivity index (χ0v) is 15.6. The van der Waals surface area contributed by atoms with Crippen molar-refractivity contribution in [3.8, 4) is 11.6 Å². The summed E-state index contributed by atoms with van der Waals surface area (Å²) in [5.41, 5.74) is 1.13. The predicted molar refractivity (Wildman–Crippen MR) is 105 cm³/mol. The van der Waals surface area contributed by atoms with Gasteiger partial charge in [0.2, 0.25) is 11.8 Å². The van der Waals surface area contributed by atoms with Crippen molar-refractivity contribution in [1.82, 2.24) is 15.0 Å². The molecule has 0 bridgehead atoms. The standard InChI is InChI=1S/C19H14ClFN4OS/c20-14-10-27-19-17(14)18(23-11-24-19)22-9-8-12-4-6-13(7-5-12)26-16-3-1-2-15(21)25-16/h1-7,10-11H,8-9H2,(H,22,23,24). The van der Waals surface area contributed by atoms with E-state index in [0.29, 0.717) is 17.3 Å². The Kier molecular flexibility index (Phi) is 5.13. The number of thiophene rings is 1. The summed E-state index contributed by atoms with van der Waals surface area (Å²) in [7, 11) is 0. The van der Waals surface area contributed by atoms with Crippen LogP contribution in [0.2, 0.25) is 5.02 Å². The Balaban J connectivity index is 1.37. The Morgan fingerprint density at radius 3 is 2.78 bits per heavy atom. The quantitative estimate of drug-likeness (QED) is 0.443. The van der Waals surface area contributed by atoms with E-state index in [4.69, 9.17) is 16.3 Å². The zero-order chi connectivity index (χ0) is 18.6. The molecule has 0 spiro atoms. The van der Waals surface area contributed by atoms with E-state index in [1.807, 2.05) is 29.6 Å². The lowest BCUT2D eigenvalue weighted by atomic mass is 10.1. The normalized spacial score (nSPS) is 10.9. The molecule has 1 N–H and O–H groups in total. The fourth-order valence-corrected chi connectivity index (χ4v) is 3.73. The van der Waals surface area contributed by atoms with Crippen LogP contribution in [0.5, 0.6) is 11.6 Å². The molecule has 3 aromatic heterocycles. The first-order chi connectivity index (χ1) is 13.2. The van der Waals surface area contributed by atoms with Crippen LogP contribution >= 0.6 is 22.9 Å². The van der Waals surface area contributed by atoms with Gasteiger partial charge in [0.05, 0.1) is 10.4 Å². The minimum atomic E-state index is -0.570. The molecular weight excluding hydrogens is 387 g/mol. The van der Waals surface area contributed by atoms with Crippen molar-refractivity contribution < 1.29 is 9.13 Å². The molecule has 0 saturated heterocycles. The number of hydrogen-bond acceptors (Lipinski definition) is 6. The molecular formula is C19H14ClFN4OS. The number of rotatable bonds is 6. The number of hydrogen-bond donors (Lipinski definition) is 1. The molecule has 0 radical (unpaired) electrons. The van der Waals surface area contributed by atoms with Gasteiger partial charge in [0, 0.05) is 18.0 Å². The van der Waals surface area contributed by atoms with Crippen molar-refractivity contribution in [2.24, 2.45) is 0 Å². The monoisotopic (exact) mass is 400 g/mol. The molecule has 0 amide bonds. The molecule has 0 fully saturated rings. The highest BCUT2D eigenvalue weighted by molar-refractivity contribution is 7.17. The largest absolute Gasteiger partial charge is 0.439 e. The number of nitrogens with one attached hydrogen (secondary N) is 1. The van der Waals surface area contributed by atoms with Crippen LogP contribution in [0.15, 0.2) is 54.2 Å². The number of aromatic nitrogens is 3. The summed E-state index contributed by atoms with van der Waals surface area (Å²) in [5.74, 6) is 1.00. The highest BCUT2D eigenvalue weighted by Crippen LogP contribution is 2.32. The SMILES string of the molecule is Fc1cccc(Oc2ccc(CCNc3ncnc4scc(Cl)c34)cc2)n1. The number of ether oxygens (including phenoxy) is 1. The van der Waals surface area contributed by atoms with E-state index in [1.54, 1.807) is 12.1 Å². The number of anilines is 1. The van der Waals surface area contributed by atoms with Gasteiger partial charge in [-0.1, -0.05) is 29.8 Å². The molecule has 136 valence electrons. The molecule has 0 aliphatic rings. The second-order valence-electron chi connectivity index (χ2n) is 5.71. The van der Waals surface area contributed by atoms with Crippen LogP contribution in [-0.4, -0.2) is 21.5 Å². The fourth-order valence-electron chi connectivity index (χ4n) is 2.59. The molecule has 3 heterocycles. The minimum absolute atomic E-state index is 0.227. The Labute approximate surface area is 163 Å². The van der Waals surface area contributed by atoms with E-state index >= 15 is 0 Å². The second-order valence-corrected chi connectivity index (χ2v) is 6.97. The van der Waals surface area contributed by atoms with Crippen LogP contribution in [0.4, 0.5) is 10.2 Å². The zero-order valence-electron chi connectivity index (χ0n) is 14.0. The van der Waals surface area contributed by atoms with Gasteiger partial charge in [0.15, 0.2) is 0 Å². The molecule has 4 aromatic rings. The first-order valence-corrected chi connectivity index (χ1v) is 9.46. The van der Waals surface area contributed by atoms with Crippen LogP contribution in [0, 0.1) is 5.95 Å². The fraction of sp³-hybridized carbons (Fsp3) is 0.105. The summed E-state index contributed by atoms with van der Waals surface area (Å²) in [4.78, 5) is 13.0. The Morgan fingerprint density at radius 2 is 1.96 bits per heavy atom. The summed E-state index contributed by atoms with van der Waals surface area (Å²) in [6.07, 6.45) is 2.33. The number of nitrogens with zero attached hydrogens (tertiary/aromatic N) is 3. The van der Waals surface area contributed by atoms with Crippen molar-refractivity contribution in [3.63, 3.8) is 0 Å². The lowest BCUT2D eigenvalue weighted by molar-refractivity contribution is 0.445. The predicted octanol–water partition coefficient (Wildman–Crippen LogP) is 5.33. The van der Waals surface area contributed by atoms with Gasteiger partial charge in [-0.05, 0) is 30.2 Å². The van der Waals surface area contributed by atoms with Gasteiger partial charge in [-0.15, -0.1) is 11.3 Å². The minimum Gasteiger partial charge on any atom is -0.439 e. The molecule has 0 saturated carbocycles. The smallest absolute Gasteiger partial charge is 0.221 e. The maximum atomic E-state index is 13.1. The van der Waals surface area contributed by atoms with Gasteiger partial charge < -0.3 is 10.1 Å². The third kappa shape index (κ3) is 4.15. The second kappa shape index (κ2) is 7.85. The molecule has 5 nitrogen and oxygen atoms in total. The van der Waals surface area contributed by atoms with E-state index in [0.717, 1.165) is 28.0 Å². The molecule has 1 aromatic carbocycles. The van der Waals surface area contributed by atoms with Crippen molar-refractivity contribution >= 4 is 39.0 Å². The van der Waals surface area contributed by atoms with Crippen molar-refractivity contribution in [2.75, 3.05) is 11.9 Å². The van der Waals surface area contributed by atoms with Gasteiger partial charge in [-0.25, -0.2) is 9.97 Å². The highest BCUT2D eigenvalue weighted by atomic mass is 35.5. The molecule has 8 heteroatoms. The van der Waals surface area contributed by atoms with Gasteiger partial charge in [0.25, 0.3) is 0 Å². The van der Waals surface area contributed by atoms with Crippen molar-refractivity contribution in [3.05, 3.63) is 70.7 Å². The maximum absolute atomic E-state index is 13.1. The van der Waals surface area contributed by atoms with E-state index in [-0.39, 0.29) is 5.88 Å². The third-order valence-electron chi connectivity index (χ3n) is 3.87. The lowest BCUT2D eigenvalue weighted by Crippen LogP contribution is -2.06. The average Bonchev–Trinajstić information content (AvgIpc) is 3.05. The number of benzene rings is 1. The number of fused-ring (bicyclic) bond motifs is 1. The Morgan fingerprint density at radius 1 is 1.11 bits per heavy atom. The summed E-state index contributed by atoms with van der Waals surface area (Å²) in [6.45, 7) is 0.698. The first kappa shape index (κ1) is 17.6. The van der Waals surface area contributed by atoms with Crippen molar-refractivity contribution in [1.29, 1.82) is 0 Å². The summed E-state index contributed by atoms with van der Waals surface area (Å²) >= 11 is 7.71. The number of pyridine rings is 1. The number of halogens is 2. The summed E-state index contributed by atoms with van der Waals surface area (Å²) in [6, 6.07) is 12.0. The molecule has 27 heavy (non-hydrogen) atoms. The van der Waals surface area contributed by atoms with Gasteiger partial charge >= 0.3 is 0 Å². The molecule has 4 rings (SSSR count). The molecule has 0 aliphatic carbocycles. The van der Waals surface area contributed by atoms with Crippen LogP contribution in [0.3, 0.4) is 0 Å². The topological polar surface area (TPSA) is 59.9 Å². The van der Waals surface area contributed by atoms with E-state index in [2.05, 4.69) is 20.3 Å². The third-order valence-corrected chi connectivity index (χ3v) is 5.18. The van der Waals surface area contributed by atoms with Crippen LogP contribution < -0.4 is 10.1 Å². The van der Waals surface area contributed by atoms with Gasteiger partial charge in [-0.2, -0.15) is 9.37 Å². The van der Waals surface area contributed by atoms with Gasteiger partial charge in [0.1, 0.15) is 22.7 Å². The summed E-state index contributed by atoms with van der Waals surface area (Å²) < 4.78 is 18.6. The Hall–Kier alpha value is -2.77. The van der Waals surface area contributed by atoms with Crippen LogP contribution in [0.1, 0.15) is 5.56 Å². The Bertz CT molecular complexity index is 1070. The maximum Gasteiger partial charge on any atom is 0.221 e. The van der Waals surface area contributed by atoms with Crippen molar-refractivity contribution in [2.45, 2.75) is 6.42 Å². The van der Waals surface area contributed by atoms with Gasteiger partial charge in [-0.3, -0.25) is 0 Å². The summed E-state index contributed by atoms with van der Waals surface area (Å²) in [5, 5.41) is 6.69. The van der Waals surface area contributed by atoms with E-state index in [1.165, 1.54) is 23.7 Å². The average molecular weight is 401 g/mol. The molecule has 0 atom stereocenters. The van der Waals surface area contributed by atoms with Crippen LogP contribution in [-0.2, 0) is 6.42 Å². The van der Waals surface area contributed by atoms with E-state index < -0.39 is 5.95 Å². The van der Waals surface area contributed by atoms with Crippen LogP contribution in [0.25, 0.3) is 10.2 Å². The highest BCUT2D eigenvalue weighted by Gasteiger charge is 2.09. The lowest BCUT2D eigenvalue weighted by Gasteiger charge is -2.08. The molecule has 0 unspecified atom stereocenters.